The second-order valence-electron chi connectivity index (χ2n) is 7.76. The van der Waals surface area contributed by atoms with Crippen LogP contribution in [0.2, 0.25) is 0 Å². The maximum Gasteiger partial charge on any atom is 0.220 e. The summed E-state index contributed by atoms with van der Waals surface area (Å²) in [5.41, 5.74) is 0. The minimum absolute atomic E-state index is 0.148. The topological polar surface area (TPSA) is 69.6 Å². The van der Waals surface area contributed by atoms with Crippen LogP contribution in [0.4, 0.5) is 0 Å². The van der Waals surface area contributed by atoms with E-state index in [2.05, 4.69) is 5.32 Å². The van der Waals surface area contributed by atoms with Gasteiger partial charge < -0.3 is 15.3 Å². The van der Waals surface area contributed by atoms with Gasteiger partial charge in [0.05, 0.1) is 0 Å². The van der Waals surface area contributed by atoms with Crippen molar-refractivity contribution in [3.05, 3.63) is 0 Å². The van der Waals surface area contributed by atoms with Crippen molar-refractivity contribution in [1.29, 1.82) is 0 Å². The van der Waals surface area contributed by atoms with E-state index >= 15 is 0 Å². The second kappa shape index (κ2) is 7.20. The highest BCUT2D eigenvalue weighted by Crippen LogP contribution is 2.48. The summed E-state index contributed by atoms with van der Waals surface area (Å²) in [5, 5.41) is 12.8. The fourth-order valence-electron chi connectivity index (χ4n) is 5.03. The van der Waals surface area contributed by atoms with E-state index < -0.39 is 0 Å². The molecule has 1 aliphatic heterocycles. The second-order valence-corrected chi connectivity index (χ2v) is 7.76. The van der Waals surface area contributed by atoms with Crippen molar-refractivity contribution in [2.75, 3.05) is 19.7 Å². The molecule has 0 aromatic carbocycles. The van der Waals surface area contributed by atoms with Gasteiger partial charge in [-0.15, -0.1) is 0 Å². The molecule has 0 radical (unpaired) electrons. The fraction of sp³-hybridized carbons (Fsp3) is 0.889. The third kappa shape index (κ3) is 3.70. The first-order valence-corrected chi connectivity index (χ1v) is 9.24. The minimum Gasteiger partial charge on any atom is -0.396 e. The van der Waals surface area contributed by atoms with Crippen LogP contribution in [-0.2, 0) is 9.59 Å². The molecule has 2 aliphatic carbocycles. The number of piperidine rings is 1. The van der Waals surface area contributed by atoms with Crippen LogP contribution < -0.4 is 5.32 Å². The van der Waals surface area contributed by atoms with Crippen LogP contribution in [0.1, 0.15) is 51.9 Å². The van der Waals surface area contributed by atoms with Crippen LogP contribution in [0.3, 0.4) is 0 Å². The number of amides is 2. The van der Waals surface area contributed by atoms with Crippen molar-refractivity contribution in [3.63, 3.8) is 0 Å². The Morgan fingerprint density at radius 1 is 1.13 bits per heavy atom. The summed E-state index contributed by atoms with van der Waals surface area (Å²) in [7, 11) is 0. The van der Waals surface area contributed by atoms with Gasteiger partial charge in [-0.2, -0.15) is 0 Å². The Bertz CT molecular complexity index is 446. The number of rotatable bonds is 5. The Hall–Kier alpha value is -1.10. The zero-order valence-electron chi connectivity index (χ0n) is 14.2. The van der Waals surface area contributed by atoms with Crippen LogP contribution >= 0.6 is 0 Å². The highest BCUT2D eigenvalue weighted by atomic mass is 16.3. The average molecular weight is 322 g/mol. The monoisotopic (exact) mass is 322 g/mol. The van der Waals surface area contributed by atoms with Gasteiger partial charge in [0.1, 0.15) is 0 Å². The predicted octanol–water partition coefficient (Wildman–Crippen LogP) is 1.55. The van der Waals surface area contributed by atoms with E-state index in [1.54, 1.807) is 6.92 Å². The van der Waals surface area contributed by atoms with Crippen LogP contribution in [0, 0.1) is 23.7 Å². The Morgan fingerprint density at radius 3 is 2.48 bits per heavy atom. The smallest absolute Gasteiger partial charge is 0.220 e. The number of nitrogens with zero attached hydrogens (tertiary/aromatic N) is 1. The number of hydrogen-bond acceptors (Lipinski definition) is 3. The molecular formula is C18H30N2O3. The minimum atomic E-state index is 0.148. The first kappa shape index (κ1) is 16.7. The molecule has 3 fully saturated rings. The molecule has 0 aromatic rings. The number of carbonyl (C=O) groups excluding carboxylic acids is 2. The number of hydrogen-bond donors (Lipinski definition) is 2. The van der Waals surface area contributed by atoms with Crippen molar-refractivity contribution < 1.29 is 14.7 Å². The zero-order valence-corrected chi connectivity index (χ0v) is 14.2. The zero-order chi connectivity index (χ0) is 16.4. The first-order valence-electron chi connectivity index (χ1n) is 9.24. The lowest BCUT2D eigenvalue weighted by Crippen LogP contribution is -2.45. The Kier molecular flexibility index (Phi) is 5.24. The molecule has 2 saturated carbocycles. The highest BCUT2D eigenvalue weighted by molar-refractivity contribution is 5.76. The van der Waals surface area contributed by atoms with E-state index in [0.29, 0.717) is 24.2 Å². The summed E-state index contributed by atoms with van der Waals surface area (Å²) < 4.78 is 0. The molecule has 130 valence electrons. The van der Waals surface area contributed by atoms with Gasteiger partial charge in [-0.25, -0.2) is 0 Å². The predicted molar refractivity (Wildman–Crippen MR) is 87.5 cm³/mol. The first-order chi connectivity index (χ1) is 11.1. The van der Waals surface area contributed by atoms with E-state index in [1.165, 1.54) is 19.3 Å². The molecule has 3 rings (SSSR count). The molecule has 3 aliphatic rings. The summed E-state index contributed by atoms with van der Waals surface area (Å²) in [6.07, 6.45) is 7.13. The van der Waals surface area contributed by atoms with E-state index in [9.17, 15) is 14.7 Å². The molecular weight excluding hydrogens is 292 g/mol. The highest BCUT2D eigenvalue weighted by Gasteiger charge is 2.47. The van der Waals surface area contributed by atoms with Crippen LogP contribution in [-0.4, -0.2) is 47.6 Å². The summed E-state index contributed by atoms with van der Waals surface area (Å²) >= 11 is 0. The van der Waals surface area contributed by atoms with Gasteiger partial charge in [0.25, 0.3) is 0 Å². The number of aliphatic hydroxyl groups excluding tert-OH is 1. The summed E-state index contributed by atoms with van der Waals surface area (Å²) in [6, 6.07) is 0.200. The van der Waals surface area contributed by atoms with E-state index in [4.69, 9.17) is 0 Å². The Balaban J connectivity index is 1.40. The van der Waals surface area contributed by atoms with Crippen LogP contribution in [0.5, 0.6) is 0 Å². The summed E-state index contributed by atoms with van der Waals surface area (Å²) in [5.74, 6) is 2.34. The maximum atomic E-state index is 12.3. The Morgan fingerprint density at radius 2 is 1.83 bits per heavy atom. The fourth-order valence-corrected chi connectivity index (χ4v) is 5.03. The molecule has 1 heterocycles. The third-order valence-corrected chi connectivity index (χ3v) is 6.47. The quantitative estimate of drug-likeness (QED) is 0.807. The standard InChI is InChI=1S/C18H30N2O3/c1-12(22)20-8-6-13(7-9-20)2-5-17(23)19-18-15-4-3-14(10-15)16(18)11-21/h13-16,18,21H,2-11H2,1H3,(H,19,23). The van der Waals surface area contributed by atoms with Gasteiger partial charge in [-0.1, -0.05) is 0 Å². The molecule has 0 spiro atoms. The van der Waals surface area contributed by atoms with Crippen molar-refractivity contribution >= 4 is 11.8 Å². The molecule has 23 heavy (non-hydrogen) atoms. The maximum absolute atomic E-state index is 12.3. The van der Waals surface area contributed by atoms with Crippen molar-refractivity contribution in [1.82, 2.24) is 10.2 Å². The lowest BCUT2D eigenvalue weighted by atomic mass is 9.84. The van der Waals surface area contributed by atoms with Crippen LogP contribution in [0.15, 0.2) is 0 Å². The van der Waals surface area contributed by atoms with Crippen molar-refractivity contribution in [2.45, 2.75) is 57.9 Å². The van der Waals surface area contributed by atoms with Gasteiger partial charge in [-0.3, -0.25) is 9.59 Å². The van der Waals surface area contributed by atoms with Gasteiger partial charge in [0, 0.05) is 45.0 Å². The summed E-state index contributed by atoms with van der Waals surface area (Å²) in [6.45, 7) is 3.50. The average Bonchev–Trinajstić information content (AvgIpc) is 3.14. The number of aliphatic hydroxyl groups is 1. The molecule has 5 nitrogen and oxygen atoms in total. The normalized spacial score (nSPS) is 33.9. The van der Waals surface area contributed by atoms with Gasteiger partial charge >= 0.3 is 0 Å². The van der Waals surface area contributed by atoms with Crippen molar-refractivity contribution in [2.24, 2.45) is 23.7 Å². The van der Waals surface area contributed by atoms with Gasteiger partial charge in [0.15, 0.2) is 0 Å². The number of carbonyl (C=O) groups is 2. The molecule has 5 heteroatoms. The number of fused-ring (bicyclic) bond motifs is 2. The molecule has 2 bridgehead atoms. The van der Waals surface area contributed by atoms with Gasteiger partial charge in [-0.05, 0) is 56.3 Å². The van der Waals surface area contributed by atoms with E-state index in [1.807, 2.05) is 4.90 Å². The van der Waals surface area contributed by atoms with Crippen molar-refractivity contribution in [3.8, 4) is 0 Å². The molecule has 4 unspecified atom stereocenters. The SMILES string of the molecule is CC(=O)N1CCC(CCC(=O)NC2C3CCC(C3)C2CO)CC1. The van der Waals surface area contributed by atoms with E-state index in [-0.39, 0.29) is 30.4 Å². The Labute approximate surface area is 138 Å². The molecule has 0 aromatic heterocycles. The largest absolute Gasteiger partial charge is 0.396 e. The lowest BCUT2D eigenvalue weighted by molar-refractivity contribution is -0.130. The number of likely N-dealkylation sites (tertiary alicyclic amines) is 1. The summed E-state index contributed by atoms with van der Waals surface area (Å²) in [4.78, 5) is 25.5. The molecule has 1 saturated heterocycles. The molecule has 2 amide bonds. The number of nitrogens with one attached hydrogen (secondary N) is 1. The van der Waals surface area contributed by atoms with Crippen LogP contribution in [0.25, 0.3) is 0 Å². The molecule has 2 N–H and O–H groups in total. The van der Waals surface area contributed by atoms with Gasteiger partial charge in [0.2, 0.25) is 11.8 Å². The molecule has 4 atom stereocenters. The lowest BCUT2D eigenvalue weighted by Gasteiger charge is -2.32. The van der Waals surface area contributed by atoms with E-state index in [0.717, 1.165) is 32.4 Å². The third-order valence-electron chi connectivity index (χ3n) is 6.47.